The van der Waals surface area contributed by atoms with Gasteiger partial charge in [-0.3, -0.25) is 9.59 Å². The Morgan fingerprint density at radius 3 is 1.45 bits per heavy atom. The number of hydrogen-bond donors (Lipinski definition) is 7. The molecule has 2 aliphatic rings. The van der Waals surface area contributed by atoms with Crippen LogP contribution in [0, 0.1) is 0 Å². The van der Waals surface area contributed by atoms with Crippen molar-refractivity contribution in [2.75, 3.05) is 26.4 Å². The first-order chi connectivity index (χ1) is 34.5. The molecular weight excluding hydrogens is 913 g/mol. The van der Waals surface area contributed by atoms with E-state index in [4.69, 9.17) is 28.4 Å². The molecule has 15 heteroatoms. The number of esters is 2. The molecule has 0 saturated carbocycles. The van der Waals surface area contributed by atoms with Crippen LogP contribution in [-0.4, -0.2) is 142 Å². The van der Waals surface area contributed by atoms with E-state index < -0.39 is 99.3 Å². The highest BCUT2D eigenvalue weighted by atomic mass is 16.7. The fraction of sp³-hybridized carbons (Fsp3) is 0.750. The van der Waals surface area contributed by atoms with Gasteiger partial charge in [-0.05, 0) is 77.0 Å². The van der Waals surface area contributed by atoms with Crippen LogP contribution < -0.4 is 0 Å². The Kier molecular flexibility index (Phi) is 38.2. The highest BCUT2D eigenvalue weighted by molar-refractivity contribution is 5.70. The normalized spacial score (nSPS) is 25.8. The Balaban J connectivity index is 1.82. The average molecular weight is 1010 g/mol. The Labute approximate surface area is 425 Å². The third-order valence-corrected chi connectivity index (χ3v) is 12.4. The first-order valence-corrected chi connectivity index (χ1v) is 27.0. The Morgan fingerprint density at radius 2 is 0.901 bits per heavy atom. The van der Waals surface area contributed by atoms with Gasteiger partial charge in [0.1, 0.15) is 55.4 Å². The van der Waals surface area contributed by atoms with Gasteiger partial charge >= 0.3 is 11.9 Å². The minimum Gasteiger partial charge on any atom is -0.462 e. The maximum absolute atomic E-state index is 13.0. The first kappa shape index (κ1) is 64.1. The summed E-state index contributed by atoms with van der Waals surface area (Å²) in [7, 11) is 0. The second-order valence-electron chi connectivity index (χ2n) is 18.7. The molecule has 2 rings (SSSR count). The van der Waals surface area contributed by atoms with E-state index in [0.29, 0.717) is 19.3 Å². The Bertz CT molecular complexity index is 1510. The lowest BCUT2D eigenvalue weighted by molar-refractivity contribution is -0.332. The highest BCUT2D eigenvalue weighted by Crippen LogP contribution is 2.26. The molecule has 0 aromatic heterocycles. The number of carbonyl (C=O) groups excluding carboxylic acids is 2. The molecule has 0 aromatic rings. The van der Waals surface area contributed by atoms with Crippen molar-refractivity contribution in [3.05, 3.63) is 72.9 Å². The van der Waals surface area contributed by atoms with Crippen LogP contribution in [0.5, 0.6) is 0 Å². The van der Waals surface area contributed by atoms with Crippen LogP contribution in [0.15, 0.2) is 72.9 Å². The molecule has 0 spiro atoms. The molecule has 0 aliphatic carbocycles. The van der Waals surface area contributed by atoms with Crippen molar-refractivity contribution in [1.29, 1.82) is 0 Å². The zero-order valence-corrected chi connectivity index (χ0v) is 43.2. The SMILES string of the molecule is CC/C=C\C/C=C\C/C=C\C/C=C\C/C=C\CCCC(=O)OC(COC(=O)CCCCCCCCC/C=C\CCCCCCCCC)COC1OC(COC2OC(CO)C(O)C(O)C2O)C(O)C(O)C1O. The van der Waals surface area contributed by atoms with Crippen LogP contribution in [0.4, 0.5) is 0 Å². The van der Waals surface area contributed by atoms with Crippen molar-refractivity contribution in [3.8, 4) is 0 Å². The third kappa shape index (κ3) is 30.0. The van der Waals surface area contributed by atoms with E-state index in [2.05, 4.69) is 74.6 Å². The van der Waals surface area contributed by atoms with Crippen LogP contribution in [0.1, 0.15) is 174 Å². The summed E-state index contributed by atoms with van der Waals surface area (Å²) in [4.78, 5) is 25.8. The summed E-state index contributed by atoms with van der Waals surface area (Å²) in [5.41, 5.74) is 0. The molecule has 11 atom stereocenters. The number of rotatable bonds is 41. The van der Waals surface area contributed by atoms with Gasteiger partial charge in [0, 0.05) is 12.8 Å². The van der Waals surface area contributed by atoms with Crippen LogP contribution in [-0.2, 0) is 38.0 Å². The lowest BCUT2D eigenvalue weighted by Crippen LogP contribution is -2.61. The van der Waals surface area contributed by atoms with Gasteiger partial charge in [0.2, 0.25) is 0 Å². The number of ether oxygens (including phenoxy) is 6. The summed E-state index contributed by atoms with van der Waals surface area (Å²) in [6, 6.07) is 0. The lowest BCUT2D eigenvalue weighted by atomic mass is 9.98. The molecule has 408 valence electrons. The smallest absolute Gasteiger partial charge is 0.306 e. The van der Waals surface area contributed by atoms with E-state index in [9.17, 15) is 45.3 Å². The average Bonchev–Trinajstić information content (AvgIpc) is 3.36. The number of aliphatic hydroxyl groups is 7. The van der Waals surface area contributed by atoms with Crippen molar-refractivity contribution in [1.82, 2.24) is 0 Å². The van der Waals surface area contributed by atoms with Crippen LogP contribution >= 0.6 is 0 Å². The van der Waals surface area contributed by atoms with Gasteiger partial charge in [0.15, 0.2) is 18.7 Å². The fourth-order valence-electron chi connectivity index (χ4n) is 8.01. The van der Waals surface area contributed by atoms with Gasteiger partial charge in [0.05, 0.1) is 19.8 Å². The first-order valence-electron chi connectivity index (χ1n) is 27.0. The maximum Gasteiger partial charge on any atom is 0.306 e. The second-order valence-corrected chi connectivity index (χ2v) is 18.7. The lowest BCUT2D eigenvalue weighted by Gasteiger charge is -2.42. The minimum absolute atomic E-state index is 0.0829. The van der Waals surface area contributed by atoms with E-state index in [1.165, 1.54) is 64.2 Å². The predicted molar refractivity (Wildman–Crippen MR) is 275 cm³/mol. The monoisotopic (exact) mass is 1010 g/mol. The van der Waals surface area contributed by atoms with Crippen molar-refractivity contribution in [2.45, 2.75) is 242 Å². The number of allylic oxidation sites excluding steroid dienone is 12. The number of hydrogen-bond acceptors (Lipinski definition) is 15. The van der Waals surface area contributed by atoms with Crippen LogP contribution in [0.2, 0.25) is 0 Å². The summed E-state index contributed by atoms with van der Waals surface area (Å²) in [6.07, 6.45) is 33.6. The summed E-state index contributed by atoms with van der Waals surface area (Å²) in [5, 5.41) is 72.2. The molecule has 0 bridgehead atoms. The van der Waals surface area contributed by atoms with Crippen molar-refractivity contribution >= 4 is 11.9 Å². The van der Waals surface area contributed by atoms with Crippen molar-refractivity contribution < 1.29 is 73.8 Å². The van der Waals surface area contributed by atoms with Gasteiger partial charge in [-0.2, -0.15) is 0 Å². The quantitative estimate of drug-likeness (QED) is 0.0174. The van der Waals surface area contributed by atoms with Crippen molar-refractivity contribution in [3.63, 3.8) is 0 Å². The Hall–Kier alpha value is -3.06. The summed E-state index contributed by atoms with van der Waals surface area (Å²) in [6.45, 7) is 2.41. The van der Waals surface area contributed by atoms with Crippen LogP contribution in [0.25, 0.3) is 0 Å². The molecule has 71 heavy (non-hydrogen) atoms. The summed E-state index contributed by atoms with van der Waals surface area (Å²) >= 11 is 0. The second kappa shape index (κ2) is 42.3. The van der Waals surface area contributed by atoms with E-state index in [1.807, 2.05) is 12.2 Å². The number of unbranched alkanes of at least 4 members (excludes halogenated alkanes) is 15. The predicted octanol–water partition coefficient (Wildman–Crippen LogP) is 8.21. The fourth-order valence-corrected chi connectivity index (χ4v) is 8.01. The van der Waals surface area contributed by atoms with Gasteiger partial charge < -0.3 is 64.2 Å². The highest BCUT2D eigenvalue weighted by Gasteiger charge is 2.47. The van der Waals surface area contributed by atoms with Gasteiger partial charge in [-0.15, -0.1) is 0 Å². The summed E-state index contributed by atoms with van der Waals surface area (Å²) in [5.74, 6) is -1.00. The number of aliphatic hydroxyl groups excluding tert-OH is 7. The maximum atomic E-state index is 13.0. The molecule has 11 unspecified atom stereocenters. The molecule has 2 aliphatic heterocycles. The molecule has 0 radical (unpaired) electrons. The van der Waals surface area contributed by atoms with Crippen molar-refractivity contribution in [2.24, 2.45) is 0 Å². The molecule has 7 N–H and O–H groups in total. The molecule has 0 amide bonds. The largest absolute Gasteiger partial charge is 0.462 e. The molecule has 2 saturated heterocycles. The van der Waals surface area contributed by atoms with E-state index in [-0.39, 0.29) is 19.4 Å². The Morgan fingerprint density at radius 1 is 0.465 bits per heavy atom. The zero-order chi connectivity index (χ0) is 51.7. The molecule has 15 nitrogen and oxygen atoms in total. The van der Waals surface area contributed by atoms with E-state index >= 15 is 0 Å². The van der Waals surface area contributed by atoms with E-state index in [1.54, 1.807) is 0 Å². The molecule has 2 heterocycles. The van der Waals surface area contributed by atoms with E-state index in [0.717, 1.165) is 64.2 Å². The number of carbonyl (C=O) groups is 2. The topological polar surface area (TPSA) is 231 Å². The third-order valence-electron chi connectivity index (χ3n) is 12.4. The standard InChI is InChI=1S/C56H94O15/c1-3-5-7-9-11-13-15-17-19-21-23-24-26-28-30-32-34-36-38-47(58)66-41-44(69-48(59)39-37-35-33-31-29-27-25-22-20-18-16-14-12-10-8-6-4-2)42-67-55-54(65)52(63)50(61)46(71-55)43-68-56-53(64)51(62)49(60)45(40-57)70-56/h6,8,12,14,18-21,25,27,31,33,44-46,49-57,60-65H,3-5,7,9-11,13,15-17,22-24,26,28-30,32,34-43H2,1-2H3/b8-6-,14-12-,20-18-,21-19-,27-25-,33-31-. The van der Waals surface area contributed by atoms with Gasteiger partial charge in [-0.25, -0.2) is 0 Å². The minimum atomic E-state index is -1.78. The molecule has 2 fully saturated rings. The van der Waals surface area contributed by atoms with Gasteiger partial charge in [-0.1, -0.05) is 157 Å². The van der Waals surface area contributed by atoms with Gasteiger partial charge in [0.25, 0.3) is 0 Å². The zero-order valence-electron chi connectivity index (χ0n) is 43.2. The summed E-state index contributed by atoms with van der Waals surface area (Å²) < 4.78 is 33.5. The van der Waals surface area contributed by atoms with Crippen LogP contribution in [0.3, 0.4) is 0 Å². The molecular formula is C56H94O15. The molecule has 0 aromatic carbocycles.